The molecule has 0 aliphatic rings. The van der Waals surface area contributed by atoms with Gasteiger partial charge in [0.2, 0.25) is 11.3 Å². The lowest BCUT2D eigenvalue weighted by molar-refractivity contribution is -0.116. The van der Waals surface area contributed by atoms with E-state index in [1.165, 1.54) is 18.3 Å². The van der Waals surface area contributed by atoms with Crippen molar-refractivity contribution in [1.82, 2.24) is 9.78 Å². The number of fused-ring (bicyclic) bond motifs is 1. The Hall–Kier alpha value is -3.00. The smallest absolute Gasteiger partial charge is 0.226 e. The molecule has 0 bridgehead atoms. The molecule has 0 radical (unpaired) electrons. The minimum Gasteiger partial charge on any atom is -0.326 e. The first kappa shape index (κ1) is 18.8. The van der Waals surface area contributed by atoms with Crippen molar-refractivity contribution >= 4 is 32.3 Å². The van der Waals surface area contributed by atoms with E-state index in [1.54, 1.807) is 41.9 Å². The van der Waals surface area contributed by atoms with Crippen LogP contribution in [0.5, 0.6) is 0 Å². The molecule has 3 aromatic rings. The summed E-state index contributed by atoms with van der Waals surface area (Å²) >= 11 is 0. The number of rotatable bonds is 6. The molecule has 0 fully saturated rings. The van der Waals surface area contributed by atoms with Gasteiger partial charge in [-0.2, -0.15) is 5.10 Å². The molecule has 0 atom stereocenters. The Bertz CT molecular complexity index is 1140. The molecule has 2 aromatic carbocycles. The fraction of sp³-hybridized carbons (Fsp3) is 0.211. The molecule has 8 heteroatoms. The second-order valence-electron chi connectivity index (χ2n) is 5.98. The number of para-hydroxylation sites is 1. The van der Waals surface area contributed by atoms with Gasteiger partial charge in [0.15, 0.2) is 9.84 Å². The number of aryl methyl sites for hydroxylation is 1. The minimum atomic E-state index is -3.26. The van der Waals surface area contributed by atoms with E-state index < -0.39 is 9.84 Å². The highest BCUT2D eigenvalue weighted by molar-refractivity contribution is 7.91. The second-order valence-corrected chi connectivity index (χ2v) is 8.25. The number of sulfone groups is 1. The van der Waals surface area contributed by atoms with E-state index in [2.05, 4.69) is 10.4 Å². The number of carbonyl (C=O) groups is 1. The summed E-state index contributed by atoms with van der Waals surface area (Å²) in [6.45, 7) is 1.90. The number of carbonyl (C=O) groups excluding carboxylic acids is 1. The summed E-state index contributed by atoms with van der Waals surface area (Å²) in [6.07, 6.45) is 1.40. The van der Waals surface area contributed by atoms with Crippen LogP contribution in [0, 0.1) is 0 Å². The average Bonchev–Trinajstić information content (AvgIpc) is 2.68. The number of hydrogen-bond acceptors (Lipinski definition) is 5. The number of aromatic nitrogens is 2. The molecule has 7 nitrogen and oxygen atoms in total. The highest BCUT2D eigenvalue weighted by atomic mass is 32.2. The summed E-state index contributed by atoms with van der Waals surface area (Å²) in [7, 11) is -3.26. The molecule has 0 saturated heterocycles. The fourth-order valence-corrected chi connectivity index (χ4v) is 3.57. The quantitative estimate of drug-likeness (QED) is 0.702. The molecule has 0 saturated carbocycles. The minimum absolute atomic E-state index is 0.0268. The summed E-state index contributed by atoms with van der Waals surface area (Å²) in [4.78, 5) is 24.3. The molecule has 0 aliphatic carbocycles. The Labute approximate surface area is 156 Å². The lowest BCUT2D eigenvalue weighted by Gasteiger charge is -2.10. The largest absolute Gasteiger partial charge is 0.326 e. The summed E-state index contributed by atoms with van der Waals surface area (Å²) in [6, 6.07) is 13.2. The van der Waals surface area contributed by atoms with Crippen molar-refractivity contribution < 1.29 is 13.2 Å². The molecule has 0 spiro atoms. The van der Waals surface area contributed by atoms with Crippen LogP contribution < -0.4 is 10.7 Å². The molecule has 0 aliphatic heterocycles. The van der Waals surface area contributed by atoms with Gasteiger partial charge >= 0.3 is 0 Å². The Balaban J connectivity index is 1.67. The van der Waals surface area contributed by atoms with Crippen molar-refractivity contribution in [3.63, 3.8) is 0 Å². The number of amides is 1. The van der Waals surface area contributed by atoms with E-state index in [9.17, 15) is 18.0 Å². The fourth-order valence-electron chi connectivity index (χ4n) is 2.68. The van der Waals surface area contributed by atoms with Crippen LogP contribution in [0.2, 0.25) is 0 Å². The lowest BCUT2D eigenvalue weighted by atomic mass is 10.2. The van der Waals surface area contributed by atoms with E-state index in [4.69, 9.17) is 0 Å². The van der Waals surface area contributed by atoms with Crippen LogP contribution in [0.3, 0.4) is 0 Å². The topological polar surface area (TPSA) is 98.1 Å². The van der Waals surface area contributed by atoms with Crippen LogP contribution in [-0.4, -0.2) is 29.9 Å². The molecule has 3 rings (SSSR count). The normalized spacial score (nSPS) is 11.4. The van der Waals surface area contributed by atoms with Crippen LogP contribution in [-0.2, 0) is 21.2 Å². The summed E-state index contributed by atoms with van der Waals surface area (Å²) < 4.78 is 25.2. The third-order valence-corrected chi connectivity index (χ3v) is 5.94. The Kier molecular flexibility index (Phi) is 5.36. The zero-order valence-electron chi connectivity index (χ0n) is 14.8. The van der Waals surface area contributed by atoms with Gasteiger partial charge in [-0.15, -0.1) is 0 Å². The van der Waals surface area contributed by atoms with Crippen molar-refractivity contribution in [2.45, 2.75) is 24.8 Å². The van der Waals surface area contributed by atoms with Crippen LogP contribution in [0.1, 0.15) is 13.3 Å². The van der Waals surface area contributed by atoms with Crippen molar-refractivity contribution in [1.29, 1.82) is 0 Å². The first-order chi connectivity index (χ1) is 12.9. The molecule has 1 N–H and O–H groups in total. The summed E-state index contributed by atoms with van der Waals surface area (Å²) in [5.74, 6) is -0.204. The molecule has 140 valence electrons. The predicted molar refractivity (Wildman–Crippen MR) is 103 cm³/mol. The molecule has 27 heavy (non-hydrogen) atoms. The number of nitrogens with one attached hydrogen (secondary N) is 1. The molecule has 1 amide bonds. The maximum Gasteiger partial charge on any atom is 0.226 e. The zero-order valence-corrected chi connectivity index (χ0v) is 15.6. The van der Waals surface area contributed by atoms with Gasteiger partial charge in [0.1, 0.15) is 0 Å². The first-order valence-electron chi connectivity index (χ1n) is 8.48. The van der Waals surface area contributed by atoms with Gasteiger partial charge in [-0.25, -0.2) is 8.42 Å². The van der Waals surface area contributed by atoms with Crippen molar-refractivity contribution in [2.75, 3.05) is 11.1 Å². The molecule has 1 heterocycles. The number of benzene rings is 2. The van der Waals surface area contributed by atoms with Crippen LogP contribution in [0.15, 0.2) is 64.4 Å². The van der Waals surface area contributed by atoms with Crippen LogP contribution >= 0.6 is 0 Å². The predicted octanol–water partition coefficient (Wildman–Crippen LogP) is 2.22. The van der Waals surface area contributed by atoms with Gasteiger partial charge in [0, 0.05) is 17.5 Å². The number of hydrogen-bond donors (Lipinski definition) is 1. The van der Waals surface area contributed by atoms with Gasteiger partial charge < -0.3 is 5.32 Å². The maximum atomic E-state index is 12.2. The van der Waals surface area contributed by atoms with Crippen molar-refractivity contribution in [2.24, 2.45) is 0 Å². The second kappa shape index (κ2) is 7.71. The van der Waals surface area contributed by atoms with E-state index >= 15 is 0 Å². The van der Waals surface area contributed by atoms with Crippen molar-refractivity contribution in [3.05, 3.63) is 65.0 Å². The van der Waals surface area contributed by atoms with Gasteiger partial charge in [-0.05, 0) is 36.4 Å². The number of anilines is 1. The molecular weight excluding hydrogens is 366 g/mol. The molecule has 0 unspecified atom stereocenters. The van der Waals surface area contributed by atoms with E-state index in [0.29, 0.717) is 23.1 Å². The van der Waals surface area contributed by atoms with Crippen molar-refractivity contribution in [3.8, 4) is 0 Å². The number of nitrogens with zero attached hydrogens (tertiary/aromatic N) is 2. The molecule has 1 aromatic heterocycles. The van der Waals surface area contributed by atoms with Crippen LogP contribution in [0.4, 0.5) is 5.69 Å². The van der Waals surface area contributed by atoms with Gasteiger partial charge in [0.25, 0.3) is 0 Å². The van der Waals surface area contributed by atoms with Gasteiger partial charge in [0.05, 0.1) is 28.9 Å². The lowest BCUT2D eigenvalue weighted by Crippen LogP contribution is -2.18. The SMILES string of the molecule is CCS(=O)(=O)c1ccc(NC(=O)CCn2ncc(=O)c3ccccc32)cc1. The Morgan fingerprint density at radius 3 is 2.52 bits per heavy atom. The zero-order chi connectivity index (χ0) is 19.4. The van der Waals surface area contributed by atoms with E-state index in [1.807, 2.05) is 6.07 Å². The van der Waals surface area contributed by atoms with Gasteiger partial charge in [-0.1, -0.05) is 19.1 Å². The maximum absolute atomic E-state index is 12.2. The highest BCUT2D eigenvalue weighted by Gasteiger charge is 2.11. The van der Waals surface area contributed by atoms with Gasteiger partial charge in [-0.3, -0.25) is 14.3 Å². The van der Waals surface area contributed by atoms with E-state index in [0.717, 1.165) is 0 Å². The third kappa shape index (κ3) is 4.22. The monoisotopic (exact) mass is 385 g/mol. The highest BCUT2D eigenvalue weighted by Crippen LogP contribution is 2.16. The summed E-state index contributed by atoms with van der Waals surface area (Å²) in [5, 5.41) is 7.38. The van der Waals surface area contributed by atoms with E-state index in [-0.39, 0.29) is 28.4 Å². The first-order valence-corrected chi connectivity index (χ1v) is 10.1. The average molecular weight is 385 g/mol. The third-order valence-electron chi connectivity index (χ3n) is 4.19. The van der Waals surface area contributed by atoms with Crippen LogP contribution in [0.25, 0.3) is 10.9 Å². The summed E-state index contributed by atoms with van der Waals surface area (Å²) in [5.41, 5.74) is 1.04. The Morgan fingerprint density at radius 1 is 1.11 bits per heavy atom. The molecular formula is C19H19N3O4S. The Morgan fingerprint density at radius 2 is 1.81 bits per heavy atom. The standard InChI is InChI=1S/C19H19N3O4S/c1-2-27(25,26)15-9-7-14(8-10-15)21-19(24)11-12-22-17-6-4-3-5-16(17)18(23)13-20-22/h3-10,13H,2,11-12H2,1H3,(H,21,24).